The fourth-order valence-corrected chi connectivity index (χ4v) is 1.80. The second kappa shape index (κ2) is 5.35. The first-order valence-corrected chi connectivity index (χ1v) is 5.71. The summed E-state index contributed by atoms with van der Waals surface area (Å²) in [7, 11) is 2.11. The summed E-state index contributed by atoms with van der Waals surface area (Å²) in [5, 5.41) is 0. The Morgan fingerprint density at radius 3 is 2.79 bits per heavy atom. The van der Waals surface area contributed by atoms with Gasteiger partial charge in [0.1, 0.15) is 0 Å². The Kier molecular flexibility index (Phi) is 4.39. The predicted molar refractivity (Wildman–Crippen MR) is 64.7 cm³/mol. The van der Waals surface area contributed by atoms with E-state index in [4.69, 9.17) is 0 Å². The number of hydrogen-bond acceptors (Lipinski definition) is 2. The van der Waals surface area contributed by atoms with E-state index < -0.39 is 0 Å². The highest BCUT2D eigenvalue weighted by molar-refractivity contribution is 9.10. The molecule has 0 fully saturated rings. The van der Waals surface area contributed by atoms with Crippen molar-refractivity contribution in [2.45, 2.75) is 20.3 Å². The Hall–Kier alpha value is -0.570. The maximum Gasteiger partial charge on any atom is 0.0592 e. The molecule has 0 spiro atoms. The van der Waals surface area contributed by atoms with E-state index in [2.05, 4.69) is 46.7 Å². The van der Waals surface area contributed by atoms with E-state index in [1.165, 1.54) is 12.1 Å². The minimum Gasteiger partial charge on any atom is -0.374 e. The van der Waals surface area contributed by atoms with Crippen molar-refractivity contribution in [1.82, 2.24) is 4.98 Å². The average molecular weight is 257 g/mol. The molecular formula is C11H17BrN2. The van der Waals surface area contributed by atoms with Crippen LogP contribution < -0.4 is 4.90 Å². The lowest BCUT2D eigenvalue weighted by Crippen LogP contribution is -2.20. The van der Waals surface area contributed by atoms with Crippen molar-refractivity contribution in [3.8, 4) is 0 Å². The molecule has 0 aromatic carbocycles. The highest BCUT2D eigenvalue weighted by Gasteiger charge is 2.05. The van der Waals surface area contributed by atoms with Crippen molar-refractivity contribution in [2.24, 2.45) is 5.92 Å². The van der Waals surface area contributed by atoms with E-state index in [9.17, 15) is 0 Å². The largest absolute Gasteiger partial charge is 0.374 e. The molecule has 2 nitrogen and oxygen atoms in total. The molecule has 0 aliphatic rings. The van der Waals surface area contributed by atoms with Crippen LogP contribution >= 0.6 is 15.9 Å². The fourth-order valence-electron chi connectivity index (χ4n) is 1.25. The van der Waals surface area contributed by atoms with Gasteiger partial charge in [0.25, 0.3) is 0 Å². The van der Waals surface area contributed by atoms with Gasteiger partial charge in [0, 0.05) is 26.0 Å². The number of rotatable bonds is 4. The minimum atomic E-state index is 0.748. The number of halogens is 1. The topological polar surface area (TPSA) is 16.1 Å². The molecule has 1 aromatic heterocycles. The molecule has 0 saturated heterocycles. The minimum absolute atomic E-state index is 0.748. The lowest BCUT2D eigenvalue weighted by atomic mass is 10.1. The Morgan fingerprint density at radius 1 is 1.50 bits per heavy atom. The third kappa shape index (κ3) is 3.29. The molecule has 3 heteroatoms. The molecule has 0 radical (unpaired) electrons. The van der Waals surface area contributed by atoms with Gasteiger partial charge in [-0.25, -0.2) is 0 Å². The van der Waals surface area contributed by atoms with E-state index in [0.29, 0.717) is 0 Å². The van der Waals surface area contributed by atoms with Gasteiger partial charge in [-0.1, -0.05) is 13.8 Å². The van der Waals surface area contributed by atoms with Gasteiger partial charge in [0.05, 0.1) is 10.2 Å². The van der Waals surface area contributed by atoms with Gasteiger partial charge in [0.2, 0.25) is 0 Å². The quantitative estimate of drug-likeness (QED) is 0.822. The van der Waals surface area contributed by atoms with Crippen molar-refractivity contribution in [3.63, 3.8) is 0 Å². The van der Waals surface area contributed by atoms with Crippen LogP contribution in [0.3, 0.4) is 0 Å². The number of aromatic nitrogens is 1. The lowest BCUT2D eigenvalue weighted by Gasteiger charge is -2.21. The summed E-state index contributed by atoms with van der Waals surface area (Å²) in [4.78, 5) is 6.30. The first kappa shape index (κ1) is 11.5. The fraction of sp³-hybridized carbons (Fsp3) is 0.545. The van der Waals surface area contributed by atoms with Crippen molar-refractivity contribution in [1.29, 1.82) is 0 Å². The zero-order chi connectivity index (χ0) is 10.6. The van der Waals surface area contributed by atoms with Gasteiger partial charge >= 0.3 is 0 Å². The van der Waals surface area contributed by atoms with E-state index in [1.54, 1.807) is 0 Å². The maximum absolute atomic E-state index is 4.05. The van der Waals surface area contributed by atoms with Crippen LogP contribution in [0.1, 0.15) is 20.3 Å². The van der Waals surface area contributed by atoms with E-state index >= 15 is 0 Å². The SMILES string of the molecule is CC(C)CCN(C)c1ccncc1Br. The summed E-state index contributed by atoms with van der Waals surface area (Å²) >= 11 is 3.50. The molecule has 0 aliphatic carbocycles. The maximum atomic E-state index is 4.05. The van der Waals surface area contributed by atoms with Crippen LogP contribution in [0.2, 0.25) is 0 Å². The molecule has 14 heavy (non-hydrogen) atoms. The molecular weight excluding hydrogens is 240 g/mol. The molecule has 0 unspecified atom stereocenters. The number of pyridine rings is 1. The van der Waals surface area contributed by atoms with Crippen LogP contribution in [0.4, 0.5) is 5.69 Å². The van der Waals surface area contributed by atoms with Crippen molar-refractivity contribution >= 4 is 21.6 Å². The van der Waals surface area contributed by atoms with Gasteiger partial charge in [0.15, 0.2) is 0 Å². The summed E-state index contributed by atoms with van der Waals surface area (Å²) < 4.78 is 1.06. The third-order valence-corrected chi connectivity index (χ3v) is 2.82. The molecule has 1 aromatic rings. The van der Waals surface area contributed by atoms with Crippen molar-refractivity contribution < 1.29 is 0 Å². The smallest absolute Gasteiger partial charge is 0.0592 e. The lowest BCUT2D eigenvalue weighted by molar-refractivity contribution is 0.585. The summed E-state index contributed by atoms with van der Waals surface area (Å²) in [5.74, 6) is 0.748. The zero-order valence-corrected chi connectivity index (χ0v) is 10.6. The van der Waals surface area contributed by atoms with Crippen molar-refractivity contribution in [2.75, 3.05) is 18.5 Å². The van der Waals surface area contributed by atoms with Crippen LogP contribution in [0, 0.1) is 5.92 Å². The molecule has 0 atom stereocenters. The van der Waals surface area contributed by atoms with Gasteiger partial charge in [-0.15, -0.1) is 0 Å². The van der Waals surface area contributed by atoms with Gasteiger partial charge in [-0.2, -0.15) is 0 Å². The number of anilines is 1. The second-order valence-corrected chi connectivity index (χ2v) is 4.79. The Labute approximate surface area is 94.5 Å². The molecule has 0 saturated carbocycles. The van der Waals surface area contributed by atoms with Crippen LogP contribution in [0.25, 0.3) is 0 Å². The monoisotopic (exact) mass is 256 g/mol. The molecule has 0 amide bonds. The molecule has 1 heterocycles. The Morgan fingerprint density at radius 2 is 2.21 bits per heavy atom. The summed E-state index contributed by atoms with van der Waals surface area (Å²) in [6.45, 7) is 5.57. The number of nitrogens with zero attached hydrogens (tertiary/aromatic N) is 2. The van der Waals surface area contributed by atoms with E-state index in [-0.39, 0.29) is 0 Å². The number of hydrogen-bond donors (Lipinski definition) is 0. The van der Waals surface area contributed by atoms with Crippen LogP contribution in [-0.4, -0.2) is 18.6 Å². The highest BCUT2D eigenvalue weighted by Crippen LogP contribution is 2.23. The first-order chi connectivity index (χ1) is 6.61. The zero-order valence-electron chi connectivity index (χ0n) is 9.00. The molecule has 1 rings (SSSR count). The van der Waals surface area contributed by atoms with Gasteiger partial charge in [-0.05, 0) is 34.3 Å². The summed E-state index contributed by atoms with van der Waals surface area (Å²) in [6, 6.07) is 2.03. The van der Waals surface area contributed by atoms with Gasteiger partial charge in [-0.3, -0.25) is 4.98 Å². The Bertz CT molecular complexity index is 286. The predicted octanol–water partition coefficient (Wildman–Crippen LogP) is 3.33. The average Bonchev–Trinajstić information content (AvgIpc) is 2.15. The molecule has 0 aliphatic heterocycles. The summed E-state index contributed by atoms with van der Waals surface area (Å²) in [6.07, 6.45) is 4.87. The van der Waals surface area contributed by atoms with Crippen LogP contribution in [0.15, 0.2) is 22.9 Å². The Balaban J connectivity index is 2.60. The van der Waals surface area contributed by atoms with Crippen LogP contribution in [0.5, 0.6) is 0 Å². The van der Waals surface area contributed by atoms with Crippen LogP contribution in [-0.2, 0) is 0 Å². The van der Waals surface area contributed by atoms with Crippen molar-refractivity contribution in [3.05, 3.63) is 22.9 Å². The van der Waals surface area contributed by atoms with E-state index in [0.717, 1.165) is 16.9 Å². The normalized spacial score (nSPS) is 10.6. The second-order valence-electron chi connectivity index (χ2n) is 3.93. The van der Waals surface area contributed by atoms with E-state index in [1.807, 2.05) is 18.5 Å². The standard InChI is InChI=1S/C11H17BrN2/c1-9(2)5-7-14(3)11-4-6-13-8-10(11)12/h4,6,8-9H,5,7H2,1-3H3. The molecule has 0 N–H and O–H groups in total. The first-order valence-electron chi connectivity index (χ1n) is 4.92. The molecule has 0 bridgehead atoms. The van der Waals surface area contributed by atoms with Gasteiger partial charge < -0.3 is 4.90 Å². The summed E-state index contributed by atoms with van der Waals surface area (Å²) in [5.41, 5.74) is 1.21. The highest BCUT2D eigenvalue weighted by atomic mass is 79.9. The third-order valence-electron chi connectivity index (χ3n) is 2.20. The molecule has 78 valence electrons.